The molecule has 9 atom stereocenters. The van der Waals surface area contributed by atoms with Gasteiger partial charge in [0, 0.05) is 13.0 Å². The van der Waals surface area contributed by atoms with Crippen LogP contribution >= 0.6 is 0 Å². The molecule has 2 heterocycles. The first kappa shape index (κ1) is 21.0. The molecule has 2 saturated carbocycles. The van der Waals surface area contributed by atoms with E-state index in [1.165, 1.54) is 7.05 Å². The number of hydrogen-bond donors (Lipinski definition) is 2. The van der Waals surface area contributed by atoms with Crippen LogP contribution in [0.3, 0.4) is 0 Å². The van der Waals surface area contributed by atoms with Gasteiger partial charge < -0.3 is 9.84 Å². The Labute approximate surface area is 174 Å². The Morgan fingerprint density at radius 3 is 2.30 bits per heavy atom. The van der Waals surface area contributed by atoms with Crippen LogP contribution in [-0.4, -0.2) is 59.9 Å². The molecule has 0 aromatic heterocycles. The summed E-state index contributed by atoms with van der Waals surface area (Å²) in [4.78, 5) is 64.4. The summed E-state index contributed by atoms with van der Waals surface area (Å²) in [7, 11) is 1.42. The predicted molar refractivity (Wildman–Crippen MR) is 101 cm³/mol. The van der Waals surface area contributed by atoms with Crippen molar-refractivity contribution in [2.45, 2.75) is 26.7 Å². The minimum absolute atomic E-state index is 0.0684. The van der Waals surface area contributed by atoms with E-state index in [-0.39, 0.29) is 54.7 Å². The van der Waals surface area contributed by atoms with Gasteiger partial charge in [-0.2, -0.15) is 0 Å². The number of fused-ring (bicyclic) bond motifs is 2. The van der Waals surface area contributed by atoms with Gasteiger partial charge in [-0.05, 0) is 36.5 Å². The number of nitrogens with zero attached hydrogens (tertiary/aromatic N) is 1. The molecule has 2 N–H and O–H groups in total. The van der Waals surface area contributed by atoms with Gasteiger partial charge in [0.2, 0.25) is 23.6 Å². The minimum Gasteiger partial charge on any atom is -0.463 e. The fraction of sp³-hybridized carbons (Fsp3) is 0.762. The van der Waals surface area contributed by atoms with Crippen LogP contribution in [0.4, 0.5) is 0 Å². The molecule has 4 rings (SSSR count). The molecule has 30 heavy (non-hydrogen) atoms. The van der Waals surface area contributed by atoms with Crippen LogP contribution in [0.5, 0.6) is 0 Å². The molecule has 4 fully saturated rings. The largest absolute Gasteiger partial charge is 0.463 e. The van der Waals surface area contributed by atoms with Crippen molar-refractivity contribution in [2.24, 2.45) is 53.3 Å². The summed E-state index contributed by atoms with van der Waals surface area (Å²) in [5, 5.41) is 11.2. The third kappa shape index (κ3) is 2.89. The second-order valence-corrected chi connectivity index (χ2v) is 9.28. The first-order valence-electron chi connectivity index (χ1n) is 10.6. The number of ether oxygens (including phenoxy) is 1. The molecule has 2 aliphatic carbocycles. The topological polar surface area (TPSA) is 130 Å². The first-order valence-corrected chi connectivity index (χ1v) is 10.6. The van der Waals surface area contributed by atoms with Crippen LogP contribution in [0, 0.1) is 53.3 Å². The maximum Gasteiger partial charge on any atom is 0.309 e. The molecular formula is C21H28N2O7. The van der Waals surface area contributed by atoms with E-state index in [9.17, 15) is 24.0 Å². The highest BCUT2D eigenvalue weighted by atomic mass is 16.5. The van der Waals surface area contributed by atoms with Gasteiger partial charge in [-0.1, -0.05) is 13.8 Å². The van der Waals surface area contributed by atoms with Gasteiger partial charge in [-0.25, -0.2) is 0 Å². The number of likely N-dealkylation sites (tertiary alicyclic amines) is 1. The van der Waals surface area contributed by atoms with Gasteiger partial charge in [0.25, 0.3) is 0 Å². The van der Waals surface area contributed by atoms with E-state index in [4.69, 9.17) is 9.84 Å². The lowest BCUT2D eigenvalue weighted by Gasteiger charge is -2.38. The third-order valence-electron chi connectivity index (χ3n) is 8.05. The normalized spacial score (nSPS) is 42.9. The number of hydrogen-bond acceptors (Lipinski definition) is 7. The summed E-state index contributed by atoms with van der Waals surface area (Å²) in [5.74, 6) is -5.67. The number of nitrogens with one attached hydrogen (secondary N) is 1. The smallest absolute Gasteiger partial charge is 0.309 e. The standard InChI is InChI=1S/C21H28N2O7/c1-8-10-6-11(12(7-10)21(29)30-5-4-24)13(8)15-16(20(28)23(3)19(15)27)14-9(2)17(25)22-18(14)26/h8-16,24H,4-7H2,1-3H3,(H,22,25,26). The highest BCUT2D eigenvalue weighted by molar-refractivity contribution is 6.11. The number of esters is 1. The molecule has 9 heteroatoms. The lowest BCUT2D eigenvalue weighted by atomic mass is 9.63. The van der Waals surface area contributed by atoms with Crippen molar-refractivity contribution in [1.29, 1.82) is 0 Å². The molecule has 2 bridgehead atoms. The SMILES string of the molecule is CC1C(=O)NC(=O)C1C1C(=O)N(C)C(=O)C1C1C(C)C2CC(C(=O)OCCO)C1C2. The van der Waals surface area contributed by atoms with Crippen LogP contribution in [0.25, 0.3) is 0 Å². The fourth-order valence-corrected chi connectivity index (χ4v) is 6.61. The average molecular weight is 420 g/mol. The van der Waals surface area contributed by atoms with Crippen LogP contribution in [0.1, 0.15) is 26.7 Å². The number of rotatable bonds is 5. The van der Waals surface area contributed by atoms with Gasteiger partial charge in [0.05, 0.1) is 30.3 Å². The average Bonchev–Trinajstić information content (AvgIpc) is 3.39. The Bertz CT molecular complexity index is 811. The van der Waals surface area contributed by atoms with Crippen LogP contribution in [-0.2, 0) is 28.7 Å². The summed E-state index contributed by atoms with van der Waals surface area (Å²) < 4.78 is 5.16. The lowest BCUT2D eigenvalue weighted by Crippen LogP contribution is -2.43. The number of aliphatic hydroxyl groups excluding tert-OH is 1. The second-order valence-electron chi connectivity index (χ2n) is 9.28. The third-order valence-corrected chi connectivity index (χ3v) is 8.05. The van der Waals surface area contributed by atoms with E-state index in [0.29, 0.717) is 6.42 Å². The number of carbonyl (C=O) groups is 5. The van der Waals surface area contributed by atoms with E-state index in [2.05, 4.69) is 5.32 Å². The van der Waals surface area contributed by atoms with Gasteiger partial charge in [0.15, 0.2) is 0 Å². The summed E-state index contributed by atoms with van der Waals surface area (Å²) in [6, 6.07) is 0. The maximum atomic E-state index is 13.2. The van der Waals surface area contributed by atoms with Crippen molar-refractivity contribution in [1.82, 2.24) is 10.2 Å². The van der Waals surface area contributed by atoms with Crippen molar-refractivity contribution in [3.8, 4) is 0 Å². The molecule has 0 radical (unpaired) electrons. The maximum absolute atomic E-state index is 13.2. The predicted octanol–water partition coefficient (Wildman–Crippen LogP) is -0.430. The highest BCUT2D eigenvalue weighted by Crippen LogP contribution is 2.60. The highest BCUT2D eigenvalue weighted by Gasteiger charge is 2.64. The summed E-state index contributed by atoms with van der Waals surface area (Å²) in [6.07, 6.45) is 1.44. The van der Waals surface area contributed by atoms with E-state index in [1.807, 2.05) is 6.92 Å². The Morgan fingerprint density at radius 2 is 1.73 bits per heavy atom. The van der Waals surface area contributed by atoms with Crippen molar-refractivity contribution < 1.29 is 33.8 Å². The van der Waals surface area contributed by atoms with Gasteiger partial charge in [-0.3, -0.25) is 34.2 Å². The quantitative estimate of drug-likeness (QED) is 0.456. The second kappa shape index (κ2) is 7.44. The molecule has 2 saturated heterocycles. The molecule has 0 aromatic rings. The number of carbonyl (C=O) groups excluding carboxylic acids is 5. The zero-order valence-corrected chi connectivity index (χ0v) is 17.4. The molecule has 4 aliphatic rings. The Hall–Kier alpha value is -2.29. The van der Waals surface area contributed by atoms with Crippen molar-refractivity contribution in [3.05, 3.63) is 0 Å². The molecule has 9 nitrogen and oxygen atoms in total. The van der Waals surface area contributed by atoms with Gasteiger partial charge in [0.1, 0.15) is 6.61 Å². The monoisotopic (exact) mass is 420 g/mol. The zero-order chi connectivity index (χ0) is 21.9. The first-order chi connectivity index (χ1) is 14.2. The fourth-order valence-electron chi connectivity index (χ4n) is 6.61. The number of aliphatic hydroxyl groups is 1. The molecule has 4 amide bonds. The van der Waals surface area contributed by atoms with Crippen LogP contribution in [0.2, 0.25) is 0 Å². The van der Waals surface area contributed by atoms with Crippen LogP contribution in [0.15, 0.2) is 0 Å². The van der Waals surface area contributed by atoms with Gasteiger partial charge in [-0.15, -0.1) is 0 Å². The Balaban J connectivity index is 1.67. The van der Waals surface area contributed by atoms with Crippen LogP contribution < -0.4 is 5.32 Å². The Kier molecular flexibility index (Phi) is 5.20. The molecular weight excluding hydrogens is 392 g/mol. The summed E-state index contributed by atoms with van der Waals surface area (Å²) in [6.45, 7) is 3.33. The molecule has 164 valence electrons. The summed E-state index contributed by atoms with van der Waals surface area (Å²) >= 11 is 0. The molecule has 9 unspecified atom stereocenters. The van der Waals surface area contributed by atoms with E-state index < -0.39 is 41.4 Å². The summed E-state index contributed by atoms with van der Waals surface area (Å²) in [5.41, 5.74) is 0. The minimum atomic E-state index is -0.898. The Morgan fingerprint density at radius 1 is 1.07 bits per heavy atom. The molecule has 0 aromatic carbocycles. The van der Waals surface area contributed by atoms with Crippen molar-refractivity contribution in [2.75, 3.05) is 20.3 Å². The van der Waals surface area contributed by atoms with Gasteiger partial charge >= 0.3 is 5.97 Å². The van der Waals surface area contributed by atoms with Crippen molar-refractivity contribution in [3.63, 3.8) is 0 Å². The van der Waals surface area contributed by atoms with E-state index >= 15 is 0 Å². The van der Waals surface area contributed by atoms with Crippen molar-refractivity contribution >= 4 is 29.6 Å². The number of imide groups is 2. The number of amides is 4. The molecule has 2 aliphatic heterocycles. The molecule has 0 spiro atoms. The lowest BCUT2D eigenvalue weighted by molar-refractivity contribution is -0.154. The van der Waals surface area contributed by atoms with E-state index in [0.717, 1.165) is 11.3 Å². The zero-order valence-electron chi connectivity index (χ0n) is 17.4. The van der Waals surface area contributed by atoms with E-state index in [1.54, 1.807) is 6.92 Å².